The molecular formula is C22H29N5O2. The van der Waals surface area contributed by atoms with Crippen molar-refractivity contribution in [2.45, 2.75) is 45.3 Å². The molecule has 1 spiro atoms. The number of anilines is 1. The van der Waals surface area contributed by atoms with E-state index < -0.39 is 5.54 Å². The average molecular weight is 396 g/mol. The molecule has 2 saturated heterocycles. The lowest BCUT2D eigenvalue weighted by atomic mass is 9.89. The van der Waals surface area contributed by atoms with Crippen LogP contribution in [0.2, 0.25) is 0 Å². The minimum absolute atomic E-state index is 0.00251. The molecule has 2 aliphatic heterocycles. The van der Waals surface area contributed by atoms with E-state index in [0.29, 0.717) is 19.5 Å². The summed E-state index contributed by atoms with van der Waals surface area (Å²) in [5, 5.41) is 4.27. The van der Waals surface area contributed by atoms with E-state index in [-0.39, 0.29) is 24.4 Å². The second kappa shape index (κ2) is 7.21. The molecule has 2 aromatic rings. The largest absolute Gasteiger partial charge is 0.366 e. The Morgan fingerprint density at radius 2 is 1.90 bits per heavy atom. The summed E-state index contributed by atoms with van der Waals surface area (Å²) in [7, 11) is 1.88. The van der Waals surface area contributed by atoms with Gasteiger partial charge in [-0.3, -0.25) is 14.3 Å². The van der Waals surface area contributed by atoms with E-state index in [0.717, 1.165) is 17.8 Å². The molecule has 154 valence electrons. The Bertz CT molecular complexity index is 920. The van der Waals surface area contributed by atoms with Crippen molar-refractivity contribution in [2.24, 2.45) is 7.05 Å². The number of amides is 2. The highest BCUT2D eigenvalue weighted by Gasteiger charge is 2.56. The zero-order valence-electron chi connectivity index (χ0n) is 17.6. The number of benzene rings is 1. The van der Waals surface area contributed by atoms with Crippen molar-refractivity contribution in [3.8, 4) is 0 Å². The highest BCUT2D eigenvalue weighted by molar-refractivity contribution is 5.99. The molecule has 2 aliphatic rings. The third-order valence-corrected chi connectivity index (χ3v) is 6.17. The molecule has 4 rings (SSSR count). The van der Waals surface area contributed by atoms with Gasteiger partial charge in [0, 0.05) is 32.4 Å². The summed E-state index contributed by atoms with van der Waals surface area (Å²) in [6, 6.07) is 8.19. The molecule has 7 heteroatoms. The maximum Gasteiger partial charge on any atom is 0.251 e. The second-order valence-corrected chi connectivity index (χ2v) is 8.57. The fourth-order valence-corrected chi connectivity index (χ4v) is 4.44. The quantitative estimate of drug-likeness (QED) is 0.794. The summed E-state index contributed by atoms with van der Waals surface area (Å²) >= 11 is 0. The van der Waals surface area contributed by atoms with Crippen LogP contribution in [-0.4, -0.2) is 62.6 Å². The van der Waals surface area contributed by atoms with Gasteiger partial charge in [0.15, 0.2) is 0 Å². The molecule has 0 radical (unpaired) electrons. The molecule has 3 heterocycles. The Morgan fingerprint density at radius 3 is 2.52 bits per heavy atom. The van der Waals surface area contributed by atoms with Crippen LogP contribution in [0.1, 0.15) is 31.4 Å². The van der Waals surface area contributed by atoms with Crippen molar-refractivity contribution < 1.29 is 9.59 Å². The Kier molecular flexibility index (Phi) is 4.84. The molecule has 29 heavy (non-hydrogen) atoms. The van der Waals surface area contributed by atoms with Gasteiger partial charge in [-0.05, 0) is 32.8 Å². The van der Waals surface area contributed by atoms with E-state index in [1.54, 1.807) is 9.58 Å². The minimum Gasteiger partial charge on any atom is -0.366 e. The number of nitrogens with zero attached hydrogens (tertiary/aromatic N) is 5. The molecule has 1 aromatic heterocycles. The molecule has 0 N–H and O–H groups in total. The van der Waals surface area contributed by atoms with E-state index in [1.807, 2.05) is 57.2 Å². The number of rotatable bonds is 4. The summed E-state index contributed by atoms with van der Waals surface area (Å²) in [5.74, 6) is 0.0810. The Labute approximate surface area is 171 Å². The first kappa shape index (κ1) is 19.5. The Hall–Kier alpha value is -2.83. The molecule has 2 amide bonds. The third-order valence-electron chi connectivity index (χ3n) is 6.17. The van der Waals surface area contributed by atoms with Crippen LogP contribution in [0.4, 0.5) is 5.69 Å². The molecule has 0 saturated carbocycles. The van der Waals surface area contributed by atoms with Gasteiger partial charge >= 0.3 is 0 Å². The molecule has 1 unspecified atom stereocenters. The predicted octanol–water partition coefficient (Wildman–Crippen LogP) is 1.96. The van der Waals surface area contributed by atoms with Gasteiger partial charge in [0.05, 0.1) is 18.4 Å². The third kappa shape index (κ3) is 3.39. The van der Waals surface area contributed by atoms with Crippen molar-refractivity contribution in [1.82, 2.24) is 19.6 Å². The SMILES string of the molecule is Cc1ccc(CN2C(=O)CN(C(C)C)C(=O)C23CCN(c2cnn(C)c2)C3)cc1. The highest BCUT2D eigenvalue weighted by Crippen LogP contribution is 2.37. The maximum absolute atomic E-state index is 13.7. The van der Waals surface area contributed by atoms with Gasteiger partial charge in [0.25, 0.3) is 5.91 Å². The van der Waals surface area contributed by atoms with Gasteiger partial charge in [-0.15, -0.1) is 0 Å². The smallest absolute Gasteiger partial charge is 0.251 e. The number of hydrogen-bond acceptors (Lipinski definition) is 4. The summed E-state index contributed by atoms with van der Waals surface area (Å²) in [6.45, 7) is 7.82. The van der Waals surface area contributed by atoms with E-state index in [9.17, 15) is 9.59 Å². The van der Waals surface area contributed by atoms with E-state index in [4.69, 9.17) is 0 Å². The predicted molar refractivity (Wildman–Crippen MR) is 111 cm³/mol. The first-order valence-corrected chi connectivity index (χ1v) is 10.2. The fraction of sp³-hybridized carbons (Fsp3) is 0.500. The van der Waals surface area contributed by atoms with Crippen molar-refractivity contribution in [1.29, 1.82) is 0 Å². The van der Waals surface area contributed by atoms with E-state index in [2.05, 4.69) is 22.1 Å². The van der Waals surface area contributed by atoms with Crippen LogP contribution in [0.15, 0.2) is 36.7 Å². The van der Waals surface area contributed by atoms with Crippen LogP contribution in [0.25, 0.3) is 0 Å². The van der Waals surface area contributed by atoms with Crippen LogP contribution in [-0.2, 0) is 23.2 Å². The lowest BCUT2D eigenvalue weighted by Gasteiger charge is -2.48. The van der Waals surface area contributed by atoms with Crippen molar-refractivity contribution in [2.75, 3.05) is 24.5 Å². The first-order chi connectivity index (χ1) is 13.8. The molecular weight excluding hydrogens is 366 g/mol. The lowest BCUT2D eigenvalue weighted by Crippen LogP contribution is -2.69. The van der Waals surface area contributed by atoms with Crippen LogP contribution >= 0.6 is 0 Å². The normalized spacial score (nSPS) is 22.4. The van der Waals surface area contributed by atoms with Crippen molar-refractivity contribution in [3.05, 3.63) is 47.8 Å². The molecule has 0 aliphatic carbocycles. The number of carbonyl (C=O) groups excluding carboxylic acids is 2. The van der Waals surface area contributed by atoms with E-state index in [1.165, 1.54) is 5.56 Å². The molecule has 0 bridgehead atoms. The summed E-state index contributed by atoms with van der Waals surface area (Å²) in [5.41, 5.74) is 2.38. The zero-order chi connectivity index (χ0) is 20.8. The van der Waals surface area contributed by atoms with Gasteiger partial charge in [-0.25, -0.2) is 0 Å². The molecule has 2 fully saturated rings. The van der Waals surface area contributed by atoms with Gasteiger partial charge in [-0.1, -0.05) is 29.8 Å². The zero-order valence-corrected chi connectivity index (χ0v) is 17.6. The summed E-state index contributed by atoms with van der Waals surface area (Å²) in [6.07, 6.45) is 4.40. The molecule has 1 atom stereocenters. The topological polar surface area (TPSA) is 61.7 Å². The second-order valence-electron chi connectivity index (χ2n) is 8.57. The van der Waals surface area contributed by atoms with Gasteiger partial charge in [0.1, 0.15) is 12.1 Å². The van der Waals surface area contributed by atoms with Crippen LogP contribution < -0.4 is 4.90 Å². The van der Waals surface area contributed by atoms with Crippen molar-refractivity contribution >= 4 is 17.5 Å². The number of piperazine rings is 1. The van der Waals surface area contributed by atoms with Gasteiger partial charge < -0.3 is 14.7 Å². The van der Waals surface area contributed by atoms with Crippen molar-refractivity contribution in [3.63, 3.8) is 0 Å². The lowest BCUT2D eigenvalue weighted by molar-refractivity contribution is -0.166. The minimum atomic E-state index is -0.833. The Morgan fingerprint density at radius 1 is 1.17 bits per heavy atom. The number of hydrogen-bond donors (Lipinski definition) is 0. The number of aromatic nitrogens is 2. The monoisotopic (exact) mass is 395 g/mol. The van der Waals surface area contributed by atoms with Crippen LogP contribution in [0, 0.1) is 6.92 Å². The summed E-state index contributed by atoms with van der Waals surface area (Å²) < 4.78 is 1.76. The molecule has 7 nitrogen and oxygen atoms in total. The first-order valence-electron chi connectivity index (χ1n) is 10.2. The van der Waals surface area contributed by atoms with E-state index >= 15 is 0 Å². The summed E-state index contributed by atoms with van der Waals surface area (Å²) in [4.78, 5) is 32.6. The Balaban J connectivity index is 1.69. The number of aryl methyl sites for hydroxylation is 2. The average Bonchev–Trinajstić information content (AvgIpc) is 3.31. The highest BCUT2D eigenvalue weighted by atomic mass is 16.2. The van der Waals surface area contributed by atoms with Crippen LogP contribution in [0.3, 0.4) is 0 Å². The van der Waals surface area contributed by atoms with Gasteiger partial charge in [-0.2, -0.15) is 5.10 Å². The fourth-order valence-electron chi connectivity index (χ4n) is 4.44. The standard InChI is InChI=1S/C22H29N5O2/c1-16(2)26-14-20(28)27(12-18-7-5-17(3)6-8-18)22(21(26)29)9-10-25(15-22)19-11-23-24(4)13-19/h5-8,11,13,16H,9-10,12,14-15H2,1-4H3. The number of carbonyl (C=O) groups is 2. The molecule has 1 aromatic carbocycles. The van der Waals surface area contributed by atoms with Gasteiger partial charge in [0.2, 0.25) is 5.91 Å². The van der Waals surface area contributed by atoms with Crippen LogP contribution in [0.5, 0.6) is 0 Å². The maximum atomic E-state index is 13.7.